The van der Waals surface area contributed by atoms with Crippen LogP contribution in [0.2, 0.25) is 0 Å². The molecule has 6 nitrogen and oxygen atoms in total. The third-order valence-corrected chi connectivity index (χ3v) is 4.03. The van der Waals surface area contributed by atoms with E-state index in [1.54, 1.807) is 6.07 Å². The summed E-state index contributed by atoms with van der Waals surface area (Å²) in [5, 5.41) is 13.9. The zero-order chi connectivity index (χ0) is 18.7. The molecule has 6 heteroatoms. The van der Waals surface area contributed by atoms with Gasteiger partial charge in [0, 0.05) is 12.2 Å². The number of likely N-dealkylation sites (N-methyl/N-ethyl adjacent to an activating group) is 1. The molecule has 1 heterocycles. The van der Waals surface area contributed by atoms with E-state index in [0.717, 1.165) is 34.4 Å². The average Bonchev–Trinajstić information content (AvgIpc) is 2.58. The first kappa shape index (κ1) is 17.9. The largest absolute Gasteiger partial charge is 0.508 e. The highest BCUT2D eigenvalue weighted by Crippen LogP contribution is 2.32. The number of hydrogen-bond donors (Lipinski definition) is 2. The fourth-order valence-electron chi connectivity index (χ4n) is 2.91. The number of aromatic nitrogens is 2. The van der Waals surface area contributed by atoms with Gasteiger partial charge in [0.05, 0.1) is 10.9 Å². The molecule has 1 unspecified atom stereocenters. The number of aryl methyl sites for hydroxylation is 1. The van der Waals surface area contributed by atoms with E-state index in [2.05, 4.69) is 20.2 Å². The van der Waals surface area contributed by atoms with Gasteiger partial charge < -0.3 is 20.1 Å². The van der Waals surface area contributed by atoms with Crippen molar-refractivity contribution in [2.45, 2.75) is 20.0 Å². The van der Waals surface area contributed by atoms with Crippen LogP contribution in [0.25, 0.3) is 10.9 Å². The first-order chi connectivity index (χ1) is 12.4. The summed E-state index contributed by atoms with van der Waals surface area (Å²) < 4.78 is 6.16. The minimum absolute atomic E-state index is 0.0274. The van der Waals surface area contributed by atoms with Gasteiger partial charge in [-0.3, -0.25) is 0 Å². The average molecular weight is 352 g/mol. The van der Waals surface area contributed by atoms with Crippen molar-refractivity contribution in [2.75, 3.05) is 26.0 Å². The van der Waals surface area contributed by atoms with Crippen LogP contribution in [0.4, 0.5) is 11.5 Å². The maximum atomic E-state index is 9.72. The van der Waals surface area contributed by atoms with E-state index in [1.807, 2.05) is 58.3 Å². The molecule has 0 saturated heterocycles. The lowest BCUT2D eigenvalue weighted by atomic mass is 10.1. The molecule has 0 bridgehead atoms. The zero-order valence-electron chi connectivity index (χ0n) is 15.5. The van der Waals surface area contributed by atoms with Gasteiger partial charge in [-0.1, -0.05) is 6.07 Å². The van der Waals surface area contributed by atoms with Crippen LogP contribution in [0.1, 0.15) is 12.5 Å². The van der Waals surface area contributed by atoms with Crippen molar-refractivity contribution in [2.24, 2.45) is 0 Å². The zero-order valence-corrected chi connectivity index (χ0v) is 15.5. The van der Waals surface area contributed by atoms with Crippen LogP contribution in [0.3, 0.4) is 0 Å². The van der Waals surface area contributed by atoms with Crippen LogP contribution in [-0.2, 0) is 0 Å². The number of benzene rings is 2. The lowest BCUT2D eigenvalue weighted by Crippen LogP contribution is -2.28. The van der Waals surface area contributed by atoms with Gasteiger partial charge in [0.1, 0.15) is 29.7 Å². The Morgan fingerprint density at radius 3 is 2.73 bits per heavy atom. The molecule has 0 amide bonds. The molecule has 1 aromatic heterocycles. The molecule has 1 atom stereocenters. The Hall–Kier alpha value is -2.86. The second-order valence-electron chi connectivity index (χ2n) is 6.69. The van der Waals surface area contributed by atoms with Crippen molar-refractivity contribution in [1.82, 2.24) is 14.9 Å². The fourth-order valence-corrected chi connectivity index (χ4v) is 2.91. The normalized spacial score (nSPS) is 12.3. The summed E-state index contributed by atoms with van der Waals surface area (Å²) in [4.78, 5) is 10.9. The first-order valence-corrected chi connectivity index (χ1v) is 8.56. The van der Waals surface area contributed by atoms with Gasteiger partial charge in [0.15, 0.2) is 0 Å². The molecule has 0 radical (unpaired) electrons. The molecule has 0 spiro atoms. The monoisotopic (exact) mass is 352 g/mol. The molecule has 2 N–H and O–H groups in total. The number of rotatable bonds is 6. The van der Waals surface area contributed by atoms with E-state index < -0.39 is 0 Å². The SMILES string of the molecule is Cc1cc(Nc2ncnc3cccc(OC(C)CN(C)C)c23)ccc1O. The van der Waals surface area contributed by atoms with Gasteiger partial charge in [-0.15, -0.1) is 0 Å². The molecule has 3 aromatic rings. The minimum atomic E-state index is 0.0274. The van der Waals surface area contributed by atoms with Crippen molar-refractivity contribution in [3.8, 4) is 11.5 Å². The van der Waals surface area contributed by atoms with Crippen LogP contribution in [0.5, 0.6) is 11.5 Å². The van der Waals surface area contributed by atoms with Crippen molar-refractivity contribution < 1.29 is 9.84 Å². The van der Waals surface area contributed by atoms with Gasteiger partial charge in [0.2, 0.25) is 0 Å². The number of nitrogens with one attached hydrogen (secondary N) is 1. The molecule has 0 aliphatic rings. The Bertz CT molecular complexity index is 906. The predicted molar refractivity (Wildman–Crippen MR) is 104 cm³/mol. The van der Waals surface area contributed by atoms with Crippen molar-refractivity contribution >= 4 is 22.4 Å². The predicted octanol–water partition coefficient (Wildman–Crippen LogP) is 3.72. The summed E-state index contributed by atoms with van der Waals surface area (Å²) in [6, 6.07) is 11.2. The summed E-state index contributed by atoms with van der Waals surface area (Å²) >= 11 is 0. The van der Waals surface area contributed by atoms with Crippen molar-refractivity contribution in [3.05, 3.63) is 48.3 Å². The second kappa shape index (κ2) is 7.58. The lowest BCUT2D eigenvalue weighted by Gasteiger charge is -2.20. The molecule has 2 aromatic carbocycles. The number of fused-ring (bicyclic) bond motifs is 1. The van der Waals surface area contributed by atoms with Gasteiger partial charge in [-0.05, 0) is 63.8 Å². The highest BCUT2D eigenvalue weighted by molar-refractivity contribution is 5.95. The van der Waals surface area contributed by atoms with E-state index in [9.17, 15) is 5.11 Å². The minimum Gasteiger partial charge on any atom is -0.508 e. The highest BCUT2D eigenvalue weighted by atomic mass is 16.5. The third kappa shape index (κ3) is 4.03. The summed E-state index contributed by atoms with van der Waals surface area (Å²) in [6.07, 6.45) is 1.56. The van der Waals surface area contributed by atoms with E-state index in [0.29, 0.717) is 5.82 Å². The van der Waals surface area contributed by atoms with Gasteiger partial charge in [-0.2, -0.15) is 0 Å². The fraction of sp³-hybridized carbons (Fsp3) is 0.300. The van der Waals surface area contributed by atoms with E-state index in [1.165, 1.54) is 6.33 Å². The molecule has 136 valence electrons. The van der Waals surface area contributed by atoms with Crippen LogP contribution in [0, 0.1) is 6.92 Å². The molecule has 0 aliphatic carbocycles. The van der Waals surface area contributed by atoms with Crippen LogP contribution in [-0.4, -0.2) is 46.7 Å². The van der Waals surface area contributed by atoms with E-state index >= 15 is 0 Å². The molecule has 26 heavy (non-hydrogen) atoms. The summed E-state index contributed by atoms with van der Waals surface area (Å²) in [7, 11) is 4.04. The number of phenols is 1. The topological polar surface area (TPSA) is 70.5 Å². The Morgan fingerprint density at radius 2 is 2.00 bits per heavy atom. The lowest BCUT2D eigenvalue weighted by molar-refractivity contribution is 0.179. The van der Waals surface area contributed by atoms with Crippen LogP contribution >= 0.6 is 0 Å². The Morgan fingerprint density at radius 1 is 1.19 bits per heavy atom. The Kier molecular flexibility index (Phi) is 5.23. The Balaban J connectivity index is 1.98. The van der Waals surface area contributed by atoms with Crippen molar-refractivity contribution in [1.29, 1.82) is 0 Å². The highest BCUT2D eigenvalue weighted by Gasteiger charge is 2.13. The maximum Gasteiger partial charge on any atom is 0.145 e. The number of anilines is 2. The molecule has 3 rings (SSSR count). The number of aromatic hydroxyl groups is 1. The summed E-state index contributed by atoms with van der Waals surface area (Å²) in [5.41, 5.74) is 2.45. The molecule has 0 fully saturated rings. The third-order valence-electron chi connectivity index (χ3n) is 4.03. The van der Waals surface area contributed by atoms with Gasteiger partial charge in [-0.25, -0.2) is 9.97 Å². The van der Waals surface area contributed by atoms with Crippen molar-refractivity contribution in [3.63, 3.8) is 0 Å². The number of nitrogens with zero attached hydrogens (tertiary/aromatic N) is 3. The van der Waals surface area contributed by atoms with Gasteiger partial charge >= 0.3 is 0 Å². The number of hydrogen-bond acceptors (Lipinski definition) is 6. The van der Waals surface area contributed by atoms with Crippen LogP contribution in [0.15, 0.2) is 42.7 Å². The standard InChI is InChI=1S/C20H24N4O2/c1-13-10-15(8-9-17(13)25)23-20-19-16(21-12-22-20)6-5-7-18(19)26-14(2)11-24(3)4/h5-10,12,14,25H,11H2,1-4H3,(H,21,22,23). The molecule has 0 saturated carbocycles. The molecular formula is C20H24N4O2. The first-order valence-electron chi connectivity index (χ1n) is 8.56. The van der Waals surface area contributed by atoms with E-state index in [4.69, 9.17) is 4.74 Å². The van der Waals surface area contributed by atoms with Gasteiger partial charge in [0.25, 0.3) is 0 Å². The summed E-state index contributed by atoms with van der Waals surface area (Å²) in [5.74, 6) is 1.69. The number of phenolic OH excluding ortho intramolecular Hbond substituents is 1. The summed E-state index contributed by atoms with van der Waals surface area (Å²) in [6.45, 7) is 4.71. The number of ether oxygens (including phenoxy) is 1. The van der Waals surface area contributed by atoms with Crippen LogP contribution < -0.4 is 10.1 Å². The quantitative estimate of drug-likeness (QED) is 0.659. The maximum absolute atomic E-state index is 9.72. The molecular weight excluding hydrogens is 328 g/mol. The van der Waals surface area contributed by atoms with E-state index in [-0.39, 0.29) is 11.9 Å². The Labute approximate surface area is 153 Å². The smallest absolute Gasteiger partial charge is 0.145 e. The second-order valence-corrected chi connectivity index (χ2v) is 6.69. The molecule has 0 aliphatic heterocycles.